The third-order valence-electron chi connectivity index (χ3n) is 13.7. The van der Waals surface area contributed by atoms with Gasteiger partial charge < -0.3 is 58.5 Å². The molecule has 1 aliphatic heterocycles. The lowest BCUT2D eigenvalue weighted by atomic mass is 10.2. The van der Waals surface area contributed by atoms with Gasteiger partial charge >= 0.3 is 11.9 Å². The quantitative estimate of drug-likeness (QED) is 0.00827. The Balaban J connectivity index is -0.000000115. The van der Waals surface area contributed by atoms with Gasteiger partial charge in [-0.3, -0.25) is 9.59 Å². The van der Waals surface area contributed by atoms with Crippen LogP contribution in [0.2, 0.25) is 54.4 Å². The molecule has 0 saturated carbocycles. The molecule has 0 bridgehead atoms. The first-order chi connectivity index (χ1) is 40.3. The molecule has 0 aromatic heterocycles. The summed E-state index contributed by atoms with van der Waals surface area (Å²) in [4.78, 5) is 30.8. The van der Waals surface area contributed by atoms with E-state index >= 15 is 0 Å². The van der Waals surface area contributed by atoms with E-state index in [0.29, 0.717) is 37.2 Å². The molecule has 15 nitrogen and oxygen atoms in total. The Labute approximate surface area is 539 Å². The molecule has 3 unspecified atom stereocenters. The first-order valence-electron chi connectivity index (χ1n) is 31.9. The van der Waals surface area contributed by atoms with Crippen LogP contribution in [0.4, 0.5) is 0 Å². The van der Waals surface area contributed by atoms with E-state index in [1.54, 1.807) is 25.2 Å². The number of unbranched alkanes of at least 4 members (excludes halogenated alkanes) is 3. The van der Waals surface area contributed by atoms with Crippen LogP contribution in [0.3, 0.4) is 0 Å². The number of carboxylic acids is 1. The van der Waals surface area contributed by atoms with Crippen LogP contribution >= 0.6 is 0 Å². The molecule has 0 aromatic carbocycles. The van der Waals surface area contributed by atoms with Gasteiger partial charge in [0.1, 0.15) is 12.4 Å². The van der Waals surface area contributed by atoms with Crippen molar-refractivity contribution in [3.63, 3.8) is 0 Å². The number of aliphatic hydroxyl groups is 6. The van der Waals surface area contributed by atoms with Crippen molar-refractivity contribution in [1.82, 2.24) is 0 Å². The molecule has 0 radical (unpaired) electrons. The second kappa shape index (κ2) is 66.0. The molecule has 1 rings (SSSR count). The predicted molar refractivity (Wildman–Crippen MR) is 380 cm³/mol. The van der Waals surface area contributed by atoms with Crippen LogP contribution in [-0.4, -0.2) is 155 Å². The zero-order chi connectivity index (χ0) is 70.4. The van der Waals surface area contributed by atoms with Gasteiger partial charge in [0.05, 0.1) is 50.2 Å². The number of aldehydes is 1. The van der Waals surface area contributed by atoms with E-state index in [1.165, 1.54) is 12.2 Å². The van der Waals surface area contributed by atoms with Crippen LogP contribution in [-0.2, 0) is 37.1 Å². The van der Waals surface area contributed by atoms with Gasteiger partial charge in [-0.25, -0.2) is 4.79 Å². The number of carbonyl (C=O) groups excluding carboxylic acids is 2. The second-order valence-corrected chi connectivity index (χ2v) is 39.1. The summed E-state index contributed by atoms with van der Waals surface area (Å²) in [7, 11) is -5.20. The van der Waals surface area contributed by atoms with E-state index in [1.807, 2.05) is 25.2 Å². The van der Waals surface area contributed by atoms with Crippen molar-refractivity contribution < 1.29 is 72.9 Å². The molecule has 0 aromatic rings. The van der Waals surface area contributed by atoms with Crippen molar-refractivity contribution in [3.8, 4) is 0 Å². The second-order valence-electron chi connectivity index (χ2n) is 24.8. The Bertz CT molecular complexity index is 1580. The summed E-state index contributed by atoms with van der Waals surface area (Å²) < 4.78 is 27.9. The third-order valence-corrected chi connectivity index (χ3v) is 27.2. The van der Waals surface area contributed by atoms with Crippen molar-refractivity contribution in [2.75, 3.05) is 39.6 Å². The van der Waals surface area contributed by atoms with Crippen LogP contribution in [0.1, 0.15) is 207 Å². The van der Waals surface area contributed by atoms with Crippen molar-refractivity contribution >= 4 is 43.2 Å². The standard InChI is InChI=1S/C12H26OSi.C11H22O3Si.C11H24O2Si.C8H14O2.C6H12O2.C6H12O.C6H10O.C4H10O.C3H8O2.C2H4/c1-8-10-11(9-2)13-14(6,7)12(3,4)5;1-7-9(8-10(12)13)14-15(5,6)11(2,3)4;1-7-10(8-9-12)13-14(5,6)11(2,3)4;1-3-5-6-7-8(9)10-4-2;1-2-3-5-6(4-7)8-5;1-3-5-6(7)4-2;1-2-3-4-5-6-7;1-2-3-4-5;4-2-1-3-5;1-2/h9,11H,2,8,10H2,1,3-7H3;7,9H,1,8H2,2-6H3,(H,12,13);7,10,12H,1,8-9H2,2-6H3;6-7H,3-5H2,1-2H3;5-7H,2-4H2,1H3;4,6-7H,2-3,5H2,1H3;4-6H,2-3H2,1H3;5H,2-4H2,1H3;4-5H,1-3H2;1-2H2/b;;;7-6+;;;5-4+;;;/t;;;;5-,6-;6-;;;;/m....10..../s1. The summed E-state index contributed by atoms with van der Waals surface area (Å²) in [6, 6.07) is 0. The summed E-state index contributed by atoms with van der Waals surface area (Å²) in [5, 5.41) is 59.2. The number of carbonyl (C=O) groups is 3. The topological polar surface area (TPSA) is 242 Å². The predicted octanol–water partition coefficient (Wildman–Crippen LogP) is 16.6. The van der Waals surface area contributed by atoms with Gasteiger partial charge in [-0.1, -0.05) is 179 Å². The van der Waals surface area contributed by atoms with Gasteiger partial charge in [-0.15, -0.1) is 39.5 Å². The average Bonchev–Trinajstić information content (AvgIpc) is 3.12. The highest BCUT2D eigenvalue weighted by molar-refractivity contribution is 6.75. The first-order valence-corrected chi connectivity index (χ1v) is 40.6. The van der Waals surface area contributed by atoms with E-state index in [-0.39, 0.29) is 79.4 Å². The molecule has 0 spiro atoms. The lowest BCUT2D eigenvalue weighted by molar-refractivity contribution is -0.139. The van der Waals surface area contributed by atoms with Crippen molar-refractivity contribution in [2.24, 2.45) is 0 Å². The summed E-state index contributed by atoms with van der Waals surface area (Å²) >= 11 is 0. The molecule has 0 amide bonds. The fourth-order valence-corrected chi connectivity index (χ4v) is 9.19. The van der Waals surface area contributed by atoms with Gasteiger partial charge in [0.25, 0.3) is 0 Å². The molecule has 87 heavy (non-hydrogen) atoms. The zero-order valence-electron chi connectivity index (χ0n) is 60.1. The van der Waals surface area contributed by atoms with E-state index in [2.05, 4.69) is 180 Å². The SMILES string of the molecule is C=C.C=CC(CC(=O)O)O[Si](C)(C)C(C)(C)C.C=CC(CCC)O[Si](C)(C)C(C)(C)C.C=CC(CCO)O[Si](C)(C)C(C)(C)C.C=C[C@H](O)CCC.CCC/C=C/C(=O)OCC.CCC/C=C/C=O.CCCCO.CCC[C@H]1O[C@@H]1CO.OCCCO. The van der Waals surface area contributed by atoms with Gasteiger partial charge in [-0.2, -0.15) is 0 Å². The molecule has 18 heteroatoms. The Morgan fingerprint density at radius 1 is 0.540 bits per heavy atom. The number of rotatable bonds is 32. The molecule has 520 valence electrons. The van der Waals surface area contributed by atoms with Gasteiger partial charge in [0, 0.05) is 32.5 Å². The summed E-state index contributed by atoms with van der Waals surface area (Å²) in [5.74, 6) is -1.09. The largest absolute Gasteiger partial charge is 0.481 e. The molecule has 1 heterocycles. The molecule has 0 aliphatic carbocycles. The molecular formula is C69H142O15Si3. The summed E-state index contributed by atoms with van der Waals surface area (Å²) in [5.41, 5.74) is 0. The first kappa shape index (κ1) is 103. The smallest absolute Gasteiger partial charge is 0.330 e. The Morgan fingerprint density at radius 3 is 1.18 bits per heavy atom. The number of allylic oxidation sites excluding steroid dienone is 3. The molecular weight excluding hydrogens is 1150 g/mol. The van der Waals surface area contributed by atoms with Crippen LogP contribution in [0.5, 0.6) is 0 Å². The van der Waals surface area contributed by atoms with Gasteiger partial charge in [-0.05, 0) is 119 Å². The number of aliphatic carboxylic acids is 1. The number of carboxylic acid groups (broad SMARTS) is 1. The maximum absolute atomic E-state index is 10.6. The molecule has 6 atom stereocenters. The fourth-order valence-electron chi connectivity index (χ4n) is 5.25. The highest BCUT2D eigenvalue weighted by Gasteiger charge is 2.41. The number of epoxide rings is 1. The Hall–Kier alpha value is -2.96. The minimum absolute atomic E-state index is 0.000826. The molecule has 1 saturated heterocycles. The minimum atomic E-state index is -1.89. The maximum Gasteiger partial charge on any atom is 0.330 e. The lowest BCUT2D eigenvalue weighted by Gasteiger charge is -2.38. The van der Waals surface area contributed by atoms with E-state index in [9.17, 15) is 14.4 Å². The van der Waals surface area contributed by atoms with Crippen LogP contribution in [0.25, 0.3) is 0 Å². The normalized spacial score (nSPS) is 14.8. The number of hydrogen-bond acceptors (Lipinski definition) is 14. The highest BCUT2D eigenvalue weighted by atomic mass is 28.4. The Kier molecular flexibility index (Phi) is 78.0. The van der Waals surface area contributed by atoms with Crippen molar-refractivity contribution in [1.29, 1.82) is 0 Å². The summed E-state index contributed by atoms with van der Waals surface area (Å²) in [6.07, 6.45) is 28.2. The third kappa shape index (κ3) is 72.0. The van der Waals surface area contributed by atoms with Crippen LogP contribution in [0, 0.1) is 0 Å². The number of hydrogen-bond donors (Lipinski definition) is 7. The fraction of sp³-hybridized carbons (Fsp3) is 0.754. The van der Waals surface area contributed by atoms with E-state index in [4.69, 9.17) is 53.8 Å². The number of aliphatic hydroxyl groups excluding tert-OH is 6. The van der Waals surface area contributed by atoms with Gasteiger partial charge in [0.2, 0.25) is 0 Å². The average molecular weight is 1300 g/mol. The number of esters is 1. The lowest BCUT2D eigenvalue weighted by Crippen LogP contribution is -2.43. The van der Waals surface area contributed by atoms with Gasteiger partial charge in [0.15, 0.2) is 25.0 Å². The zero-order valence-corrected chi connectivity index (χ0v) is 63.1. The summed E-state index contributed by atoms with van der Waals surface area (Å²) in [6.45, 7) is 69.3. The van der Waals surface area contributed by atoms with Crippen molar-refractivity contribution in [3.05, 3.63) is 88.1 Å². The van der Waals surface area contributed by atoms with E-state index < -0.39 is 30.9 Å². The van der Waals surface area contributed by atoms with E-state index in [0.717, 1.165) is 83.3 Å². The number of ether oxygens (including phenoxy) is 2. The monoisotopic (exact) mass is 1290 g/mol. The van der Waals surface area contributed by atoms with Crippen LogP contribution in [0.15, 0.2) is 88.1 Å². The molecule has 1 aliphatic rings. The molecule has 7 N–H and O–H groups in total. The van der Waals surface area contributed by atoms with Crippen LogP contribution < -0.4 is 0 Å². The maximum atomic E-state index is 10.6. The Morgan fingerprint density at radius 2 is 0.943 bits per heavy atom. The van der Waals surface area contributed by atoms with Crippen molar-refractivity contribution in [2.45, 2.75) is 298 Å². The highest BCUT2D eigenvalue weighted by Crippen LogP contribution is 2.39. The molecule has 1 fully saturated rings. The minimum Gasteiger partial charge on any atom is -0.481 e.